The molecule has 5 heteroatoms. The summed E-state index contributed by atoms with van der Waals surface area (Å²) >= 11 is 0. The van der Waals surface area contributed by atoms with Crippen LogP contribution in [-0.4, -0.2) is 62.2 Å². The number of hydrogen-bond acceptors (Lipinski definition) is 3. The molecule has 2 aliphatic heterocycles. The van der Waals surface area contributed by atoms with Crippen molar-refractivity contribution in [3.63, 3.8) is 0 Å². The molecule has 0 N–H and O–H groups in total. The summed E-state index contributed by atoms with van der Waals surface area (Å²) in [6.45, 7) is 5.42. The van der Waals surface area contributed by atoms with Gasteiger partial charge in [-0.1, -0.05) is 0 Å². The SMILES string of the molecule is COc1ccc(N2CCCN(C(=O)N3CCCCC3)CC2)cc1. The maximum absolute atomic E-state index is 12.6. The van der Waals surface area contributed by atoms with E-state index < -0.39 is 0 Å². The molecule has 23 heavy (non-hydrogen) atoms. The predicted molar refractivity (Wildman–Crippen MR) is 92.2 cm³/mol. The van der Waals surface area contributed by atoms with Crippen molar-refractivity contribution in [1.29, 1.82) is 0 Å². The summed E-state index contributed by atoms with van der Waals surface area (Å²) in [6, 6.07) is 8.43. The Hall–Kier alpha value is -1.91. The number of carbonyl (C=O) groups is 1. The molecule has 2 aliphatic rings. The first-order valence-electron chi connectivity index (χ1n) is 8.71. The number of likely N-dealkylation sites (tertiary alicyclic amines) is 1. The van der Waals surface area contributed by atoms with Crippen LogP contribution in [0, 0.1) is 0 Å². The Labute approximate surface area is 138 Å². The second-order valence-electron chi connectivity index (χ2n) is 6.36. The van der Waals surface area contributed by atoms with Gasteiger partial charge in [0.05, 0.1) is 7.11 Å². The highest BCUT2D eigenvalue weighted by Gasteiger charge is 2.24. The number of anilines is 1. The number of carbonyl (C=O) groups excluding carboxylic acids is 1. The number of nitrogens with zero attached hydrogens (tertiary/aromatic N) is 3. The minimum absolute atomic E-state index is 0.237. The number of rotatable bonds is 2. The Morgan fingerprint density at radius 2 is 1.48 bits per heavy atom. The molecule has 0 unspecified atom stereocenters. The average Bonchev–Trinajstić information content (AvgIpc) is 2.88. The van der Waals surface area contributed by atoms with Gasteiger partial charge in [0.25, 0.3) is 0 Å². The van der Waals surface area contributed by atoms with Crippen LogP contribution in [0.15, 0.2) is 24.3 Å². The molecule has 0 aliphatic carbocycles. The fourth-order valence-electron chi connectivity index (χ4n) is 3.45. The second-order valence-corrected chi connectivity index (χ2v) is 6.36. The Balaban J connectivity index is 1.58. The largest absolute Gasteiger partial charge is 0.497 e. The van der Waals surface area contributed by atoms with Crippen molar-refractivity contribution < 1.29 is 9.53 Å². The van der Waals surface area contributed by atoms with Gasteiger partial charge in [0.15, 0.2) is 0 Å². The lowest BCUT2D eigenvalue weighted by atomic mass is 10.1. The molecule has 0 aromatic heterocycles. The van der Waals surface area contributed by atoms with Gasteiger partial charge in [-0.3, -0.25) is 0 Å². The van der Waals surface area contributed by atoms with E-state index in [0.29, 0.717) is 0 Å². The third-order valence-corrected chi connectivity index (χ3v) is 4.83. The van der Waals surface area contributed by atoms with Crippen molar-refractivity contribution in [3.05, 3.63) is 24.3 Å². The van der Waals surface area contributed by atoms with Crippen LogP contribution in [-0.2, 0) is 0 Å². The first kappa shape index (κ1) is 16.0. The van der Waals surface area contributed by atoms with E-state index in [-0.39, 0.29) is 6.03 Å². The summed E-state index contributed by atoms with van der Waals surface area (Å²) in [5.41, 5.74) is 1.21. The normalized spacial score (nSPS) is 19.4. The summed E-state index contributed by atoms with van der Waals surface area (Å²) in [5.74, 6) is 0.880. The molecule has 2 saturated heterocycles. The zero-order valence-corrected chi connectivity index (χ0v) is 14.0. The average molecular weight is 317 g/mol. The van der Waals surface area contributed by atoms with Gasteiger partial charge in [0, 0.05) is 45.0 Å². The van der Waals surface area contributed by atoms with Gasteiger partial charge in [-0.25, -0.2) is 4.79 Å². The fraction of sp³-hybridized carbons (Fsp3) is 0.611. The lowest BCUT2D eigenvalue weighted by molar-refractivity contribution is 0.146. The zero-order valence-electron chi connectivity index (χ0n) is 14.0. The maximum Gasteiger partial charge on any atom is 0.320 e. The van der Waals surface area contributed by atoms with E-state index in [2.05, 4.69) is 17.0 Å². The van der Waals surface area contributed by atoms with Crippen LogP contribution in [0.4, 0.5) is 10.5 Å². The molecule has 0 bridgehead atoms. The molecule has 2 amide bonds. The molecular weight excluding hydrogens is 290 g/mol. The molecule has 0 spiro atoms. The zero-order chi connectivity index (χ0) is 16.1. The van der Waals surface area contributed by atoms with Crippen LogP contribution in [0.3, 0.4) is 0 Å². The third-order valence-electron chi connectivity index (χ3n) is 4.83. The van der Waals surface area contributed by atoms with Crippen molar-refractivity contribution in [2.75, 3.05) is 51.3 Å². The standard InChI is InChI=1S/C18H27N3O2/c1-23-17-8-6-16(7-9-17)19-12-5-13-21(15-14-19)18(22)20-10-3-2-4-11-20/h6-9H,2-5,10-15H2,1H3. The first-order chi connectivity index (χ1) is 11.3. The third kappa shape index (κ3) is 3.89. The van der Waals surface area contributed by atoms with E-state index in [1.54, 1.807) is 7.11 Å². The van der Waals surface area contributed by atoms with Crippen molar-refractivity contribution in [2.24, 2.45) is 0 Å². The van der Waals surface area contributed by atoms with Gasteiger partial charge in [0.1, 0.15) is 5.75 Å². The summed E-state index contributed by atoms with van der Waals surface area (Å²) in [5, 5.41) is 0. The van der Waals surface area contributed by atoms with Crippen molar-refractivity contribution in [3.8, 4) is 5.75 Å². The highest BCUT2D eigenvalue weighted by atomic mass is 16.5. The molecular formula is C18H27N3O2. The number of urea groups is 1. The molecule has 2 heterocycles. The van der Waals surface area contributed by atoms with E-state index in [0.717, 1.165) is 64.3 Å². The Kier molecular flexibility index (Phi) is 5.26. The van der Waals surface area contributed by atoms with Crippen LogP contribution in [0.25, 0.3) is 0 Å². The molecule has 3 rings (SSSR count). The van der Waals surface area contributed by atoms with Gasteiger partial charge in [-0.05, 0) is 49.9 Å². The molecule has 0 atom stereocenters. The molecule has 0 radical (unpaired) electrons. The van der Waals surface area contributed by atoms with Gasteiger partial charge in [-0.15, -0.1) is 0 Å². The van der Waals surface area contributed by atoms with Gasteiger partial charge < -0.3 is 19.4 Å². The highest BCUT2D eigenvalue weighted by Crippen LogP contribution is 2.21. The number of benzene rings is 1. The summed E-state index contributed by atoms with van der Waals surface area (Å²) in [4.78, 5) is 19.1. The van der Waals surface area contributed by atoms with E-state index in [4.69, 9.17) is 4.74 Å². The Morgan fingerprint density at radius 1 is 0.826 bits per heavy atom. The van der Waals surface area contributed by atoms with Gasteiger partial charge in [-0.2, -0.15) is 0 Å². The Morgan fingerprint density at radius 3 is 2.17 bits per heavy atom. The number of hydrogen-bond donors (Lipinski definition) is 0. The van der Waals surface area contributed by atoms with E-state index in [1.165, 1.54) is 12.1 Å². The molecule has 0 saturated carbocycles. The second kappa shape index (κ2) is 7.57. The number of amides is 2. The van der Waals surface area contributed by atoms with Gasteiger partial charge >= 0.3 is 6.03 Å². The van der Waals surface area contributed by atoms with Crippen LogP contribution in [0.5, 0.6) is 5.75 Å². The molecule has 1 aromatic carbocycles. The lowest BCUT2D eigenvalue weighted by Gasteiger charge is -2.32. The monoisotopic (exact) mass is 317 g/mol. The lowest BCUT2D eigenvalue weighted by Crippen LogP contribution is -2.46. The van der Waals surface area contributed by atoms with Gasteiger partial charge in [0.2, 0.25) is 0 Å². The number of piperidine rings is 1. The van der Waals surface area contributed by atoms with E-state index in [1.807, 2.05) is 21.9 Å². The van der Waals surface area contributed by atoms with E-state index >= 15 is 0 Å². The highest BCUT2D eigenvalue weighted by molar-refractivity contribution is 5.74. The van der Waals surface area contributed by atoms with Crippen LogP contribution in [0.2, 0.25) is 0 Å². The minimum atomic E-state index is 0.237. The smallest absolute Gasteiger partial charge is 0.320 e. The number of ether oxygens (including phenoxy) is 1. The molecule has 1 aromatic rings. The maximum atomic E-state index is 12.6. The predicted octanol–water partition coefficient (Wildman–Crippen LogP) is 2.81. The Bertz CT molecular complexity index is 512. The summed E-state index contributed by atoms with van der Waals surface area (Å²) in [6.07, 6.45) is 4.58. The summed E-state index contributed by atoms with van der Waals surface area (Å²) < 4.78 is 5.22. The van der Waals surface area contributed by atoms with Crippen molar-refractivity contribution >= 4 is 11.7 Å². The van der Waals surface area contributed by atoms with Crippen LogP contribution < -0.4 is 9.64 Å². The molecule has 2 fully saturated rings. The number of methoxy groups -OCH3 is 1. The summed E-state index contributed by atoms with van der Waals surface area (Å²) in [7, 11) is 1.69. The van der Waals surface area contributed by atoms with Crippen molar-refractivity contribution in [1.82, 2.24) is 9.80 Å². The minimum Gasteiger partial charge on any atom is -0.497 e. The quantitative estimate of drug-likeness (QED) is 0.841. The fourth-order valence-corrected chi connectivity index (χ4v) is 3.45. The van der Waals surface area contributed by atoms with Crippen molar-refractivity contribution in [2.45, 2.75) is 25.7 Å². The van der Waals surface area contributed by atoms with E-state index in [9.17, 15) is 4.79 Å². The van der Waals surface area contributed by atoms with Crippen LogP contribution >= 0.6 is 0 Å². The first-order valence-corrected chi connectivity index (χ1v) is 8.71. The molecule has 126 valence electrons. The van der Waals surface area contributed by atoms with Crippen LogP contribution in [0.1, 0.15) is 25.7 Å². The molecule has 5 nitrogen and oxygen atoms in total. The topological polar surface area (TPSA) is 36.0 Å².